The number of thiol groups is 2. The summed E-state index contributed by atoms with van der Waals surface area (Å²) in [6.07, 6.45) is 0. The van der Waals surface area contributed by atoms with Gasteiger partial charge in [-0.15, -0.1) is 12.6 Å². The SMILES string of the molecule is NC(=O)C1=NN(S)SC1(S)C(N)=O. The number of nitrogens with zero attached hydrogens (tertiary/aromatic N) is 2. The number of nitrogens with two attached hydrogens (primary N) is 2. The average molecular weight is 238 g/mol. The molecule has 6 nitrogen and oxygen atoms in total. The highest BCUT2D eigenvalue weighted by molar-refractivity contribution is 8.17. The summed E-state index contributed by atoms with van der Waals surface area (Å²) in [5, 5.41) is 3.59. The smallest absolute Gasteiger partial charge is 0.267 e. The molecule has 0 saturated carbocycles. The van der Waals surface area contributed by atoms with E-state index in [9.17, 15) is 9.59 Å². The van der Waals surface area contributed by atoms with Gasteiger partial charge in [0.25, 0.3) is 11.8 Å². The van der Waals surface area contributed by atoms with Crippen LogP contribution < -0.4 is 11.5 Å². The molecule has 0 aliphatic carbocycles. The van der Waals surface area contributed by atoms with Crippen LogP contribution in [-0.4, -0.2) is 25.4 Å². The van der Waals surface area contributed by atoms with Gasteiger partial charge in [0.15, 0.2) is 5.71 Å². The van der Waals surface area contributed by atoms with E-state index in [2.05, 4.69) is 30.5 Å². The van der Waals surface area contributed by atoms with Crippen molar-refractivity contribution in [2.24, 2.45) is 16.6 Å². The molecule has 1 unspecified atom stereocenters. The third-order valence-corrected chi connectivity index (χ3v) is 3.20. The standard InChI is InChI=1S/C4H6N4O2S3/c5-2(9)1-4(11,3(6)10)13-8(12)7-1/h11-12H,(H2,5,9)(H2,6,10). The molecule has 72 valence electrons. The Labute approximate surface area is 89.2 Å². The lowest BCUT2D eigenvalue weighted by atomic mass is 10.2. The molecule has 0 saturated heterocycles. The number of carbonyl (C=O) groups excluding carboxylic acids is 2. The van der Waals surface area contributed by atoms with Crippen LogP contribution in [0.1, 0.15) is 0 Å². The highest BCUT2D eigenvalue weighted by atomic mass is 32.2. The molecule has 9 heteroatoms. The van der Waals surface area contributed by atoms with Gasteiger partial charge < -0.3 is 11.5 Å². The first-order valence-corrected chi connectivity index (χ1v) is 4.59. The molecule has 13 heavy (non-hydrogen) atoms. The first kappa shape index (κ1) is 10.5. The molecule has 0 fully saturated rings. The summed E-state index contributed by atoms with van der Waals surface area (Å²) in [6, 6.07) is 0. The number of hydrogen-bond donors (Lipinski definition) is 4. The van der Waals surface area contributed by atoms with Crippen LogP contribution in [0.2, 0.25) is 0 Å². The molecule has 0 aromatic rings. The van der Waals surface area contributed by atoms with E-state index in [0.29, 0.717) is 0 Å². The van der Waals surface area contributed by atoms with Crippen molar-refractivity contribution in [1.29, 1.82) is 0 Å². The minimum atomic E-state index is -1.52. The number of amides is 2. The zero-order valence-electron chi connectivity index (χ0n) is 6.17. The van der Waals surface area contributed by atoms with Crippen molar-refractivity contribution < 1.29 is 9.59 Å². The molecule has 1 heterocycles. The second-order valence-corrected chi connectivity index (χ2v) is 4.93. The molecular formula is C4H6N4O2S3. The lowest BCUT2D eigenvalue weighted by Gasteiger charge is -2.16. The summed E-state index contributed by atoms with van der Waals surface area (Å²) in [6.45, 7) is 0. The highest BCUT2D eigenvalue weighted by Gasteiger charge is 2.48. The maximum Gasteiger partial charge on any atom is 0.267 e. The lowest BCUT2D eigenvalue weighted by molar-refractivity contribution is -0.118. The van der Waals surface area contributed by atoms with E-state index in [-0.39, 0.29) is 5.71 Å². The molecule has 4 N–H and O–H groups in total. The third-order valence-electron chi connectivity index (χ3n) is 1.29. The van der Waals surface area contributed by atoms with Gasteiger partial charge in [-0.1, -0.05) is 0 Å². The van der Waals surface area contributed by atoms with Crippen LogP contribution in [0.3, 0.4) is 0 Å². The fourth-order valence-corrected chi connectivity index (χ4v) is 2.43. The summed E-state index contributed by atoms with van der Waals surface area (Å²) >= 11 is 8.53. The number of hydrazone groups is 1. The Morgan fingerprint density at radius 3 is 2.38 bits per heavy atom. The molecule has 0 radical (unpaired) electrons. The Balaban J connectivity index is 3.09. The van der Waals surface area contributed by atoms with Crippen LogP contribution in [0.15, 0.2) is 5.10 Å². The summed E-state index contributed by atoms with van der Waals surface area (Å²) in [5.74, 6) is -1.66. The zero-order chi connectivity index (χ0) is 10.2. The van der Waals surface area contributed by atoms with Crippen LogP contribution in [0.5, 0.6) is 0 Å². The second-order valence-electron chi connectivity index (χ2n) is 2.17. The fourth-order valence-electron chi connectivity index (χ4n) is 0.713. The Hall–Kier alpha value is -0.540. The summed E-state index contributed by atoms with van der Waals surface area (Å²) < 4.78 is -0.508. The normalized spacial score (nSPS) is 27.2. The number of hydrogen-bond acceptors (Lipinski definition) is 7. The summed E-state index contributed by atoms with van der Waals surface area (Å²) in [4.78, 5) is 21.8. The van der Waals surface area contributed by atoms with E-state index in [1.54, 1.807) is 0 Å². The molecule has 1 atom stereocenters. The monoisotopic (exact) mass is 238 g/mol. The quantitative estimate of drug-likeness (QED) is 0.356. The maximum atomic E-state index is 11.0. The maximum absolute atomic E-state index is 11.0. The average Bonchev–Trinajstić information content (AvgIpc) is 2.27. The first-order valence-electron chi connectivity index (χ1n) is 2.97. The van der Waals surface area contributed by atoms with E-state index in [0.717, 1.165) is 15.8 Å². The van der Waals surface area contributed by atoms with Gasteiger partial charge in [0, 0.05) is 11.9 Å². The van der Waals surface area contributed by atoms with E-state index in [1.165, 1.54) is 0 Å². The molecule has 2 amide bonds. The number of primary amides is 2. The van der Waals surface area contributed by atoms with Gasteiger partial charge >= 0.3 is 0 Å². The van der Waals surface area contributed by atoms with E-state index in [1.807, 2.05) is 0 Å². The van der Waals surface area contributed by atoms with Gasteiger partial charge in [-0.3, -0.25) is 9.59 Å². The Kier molecular flexibility index (Phi) is 2.68. The van der Waals surface area contributed by atoms with Crippen molar-refractivity contribution in [1.82, 2.24) is 3.82 Å². The Bertz CT molecular complexity index is 306. The van der Waals surface area contributed by atoms with Gasteiger partial charge in [0.05, 0.1) is 0 Å². The van der Waals surface area contributed by atoms with Gasteiger partial charge in [0.2, 0.25) is 4.08 Å². The van der Waals surface area contributed by atoms with Crippen molar-refractivity contribution >= 4 is 54.9 Å². The van der Waals surface area contributed by atoms with Gasteiger partial charge in [-0.25, -0.2) is 0 Å². The number of carbonyl (C=O) groups is 2. The molecule has 1 aliphatic rings. The van der Waals surface area contributed by atoms with Crippen molar-refractivity contribution in [3.63, 3.8) is 0 Å². The zero-order valence-corrected chi connectivity index (χ0v) is 8.77. The molecule has 0 spiro atoms. The fraction of sp³-hybridized carbons (Fsp3) is 0.250. The van der Waals surface area contributed by atoms with Crippen LogP contribution in [-0.2, 0) is 9.59 Å². The van der Waals surface area contributed by atoms with Gasteiger partial charge in [-0.05, 0) is 12.8 Å². The minimum absolute atomic E-state index is 0.219. The van der Waals surface area contributed by atoms with Crippen molar-refractivity contribution in [2.45, 2.75) is 4.08 Å². The first-order chi connectivity index (χ1) is 5.88. The van der Waals surface area contributed by atoms with Gasteiger partial charge in [-0.2, -0.15) is 8.92 Å². The largest absolute Gasteiger partial charge is 0.367 e. The van der Waals surface area contributed by atoms with E-state index >= 15 is 0 Å². The predicted molar refractivity (Wildman–Crippen MR) is 56.0 cm³/mol. The van der Waals surface area contributed by atoms with Crippen molar-refractivity contribution in [3.8, 4) is 0 Å². The minimum Gasteiger partial charge on any atom is -0.367 e. The number of rotatable bonds is 2. The van der Waals surface area contributed by atoms with Crippen LogP contribution in [0.4, 0.5) is 0 Å². The van der Waals surface area contributed by atoms with E-state index in [4.69, 9.17) is 11.5 Å². The lowest BCUT2D eigenvalue weighted by Crippen LogP contribution is -2.46. The molecule has 0 bridgehead atoms. The Morgan fingerprint density at radius 1 is 1.54 bits per heavy atom. The topological polar surface area (TPSA) is 102 Å². The summed E-state index contributed by atoms with van der Waals surface area (Å²) in [7, 11) is 0. The Morgan fingerprint density at radius 2 is 2.08 bits per heavy atom. The van der Waals surface area contributed by atoms with E-state index < -0.39 is 15.9 Å². The highest BCUT2D eigenvalue weighted by Crippen LogP contribution is 2.40. The molecule has 1 aliphatic heterocycles. The third kappa shape index (κ3) is 1.71. The van der Waals surface area contributed by atoms with Crippen molar-refractivity contribution in [2.75, 3.05) is 0 Å². The van der Waals surface area contributed by atoms with Crippen LogP contribution >= 0.6 is 37.4 Å². The second kappa shape index (κ2) is 3.31. The summed E-state index contributed by atoms with van der Waals surface area (Å²) in [5.41, 5.74) is 9.79. The van der Waals surface area contributed by atoms with Crippen molar-refractivity contribution in [3.05, 3.63) is 0 Å². The van der Waals surface area contributed by atoms with Crippen LogP contribution in [0.25, 0.3) is 0 Å². The van der Waals surface area contributed by atoms with Crippen LogP contribution in [0, 0.1) is 0 Å². The molecule has 0 aromatic heterocycles. The predicted octanol–water partition coefficient (Wildman–Crippen LogP) is -1.25. The van der Waals surface area contributed by atoms with Gasteiger partial charge in [0.1, 0.15) is 0 Å². The molecule has 1 rings (SSSR count). The molecule has 0 aromatic carbocycles. The molecular weight excluding hydrogens is 232 g/mol.